The molecule has 1 atom stereocenters. The van der Waals surface area contributed by atoms with Gasteiger partial charge in [0.05, 0.1) is 17.0 Å². The van der Waals surface area contributed by atoms with Crippen molar-refractivity contribution in [2.75, 3.05) is 0 Å². The topological polar surface area (TPSA) is 83.5 Å². The number of hydrogen-bond donors (Lipinski definition) is 0. The second kappa shape index (κ2) is 9.95. The monoisotopic (exact) mass is 232 g/mol. The van der Waals surface area contributed by atoms with E-state index in [1.807, 2.05) is 6.79 Å². The van der Waals surface area contributed by atoms with Gasteiger partial charge in [-0.15, -0.1) is 0 Å². The minimum absolute atomic E-state index is 0. The molecule has 0 bridgehead atoms. The van der Waals surface area contributed by atoms with Crippen molar-refractivity contribution in [3.8, 4) is 0 Å². The van der Waals surface area contributed by atoms with E-state index < -0.39 is 17.0 Å². The Morgan fingerprint density at radius 1 is 1.50 bits per heavy atom. The number of rotatable bonds is 4. The second-order valence-electron chi connectivity index (χ2n) is 2.93. The van der Waals surface area contributed by atoms with E-state index in [0.29, 0.717) is 0 Å². The van der Waals surface area contributed by atoms with Crippen LogP contribution in [0.3, 0.4) is 0 Å². The zero-order valence-corrected chi connectivity index (χ0v) is 11.7. The molecule has 0 aromatic rings. The predicted octanol–water partition coefficient (Wildman–Crippen LogP) is -2.63. The van der Waals surface area contributed by atoms with E-state index >= 15 is 0 Å². The van der Waals surface area contributed by atoms with E-state index in [0.717, 1.165) is 0 Å². The van der Waals surface area contributed by atoms with Crippen LogP contribution in [0.25, 0.3) is 0 Å². The summed E-state index contributed by atoms with van der Waals surface area (Å²) >= 11 is -2.55. The number of carbonyl (C=O) groups excluding carboxylic acids is 2. The summed E-state index contributed by atoms with van der Waals surface area (Å²) in [6.07, 6.45) is 0.0982. The summed E-state index contributed by atoms with van der Waals surface area (Å²) in [6.45, 7) is 6.48. The van der Waals surface area contributed by atoms with Crippen molar-refractivity contribution in [2.45, 2.75) is 32.8 Å². The third-order valence-electron chi connectivity index (χ3n) is 0.968. The van der Waals surface area contributed by atoms with Gasteiger partial charge in [-0.1, -0.05) is 0 Å². The summed E-state index contributed by atoms with van der Waals surface area (Å²) in [6, 6.07) is 0. The van der Waals surface area contributed by atoms with Crippen LogP contribution in [0.15, 0.2) is 0 Å². The zero-order valence-electron chi connectivity index (χ0n) is 8.86. The van der Waals surface area contributed by atoms with E-state index in [1.165, 1.54) is 6.92 Å². The van der Waals surface area contributed by atoms with Crippen molar-refractivity contribution in [1.29, 1.82) is 0 Å². The van der Waals surface area contributed by atoms with Crippen molar-refractivity contribution in [1.82, 2.24) is 0 Å². The van der Waals surface area contributed by atoms with Gasteiger partial charge >= 0.3 is 29.6 Å². The van der Waals surface area contributed by atoms with E-state index in [1.54, 1.807) is 13.8 Å². The quantitative estimate of drug-likeness (QED) is 0.391. The molecular weight excluding hydrogens is 219 g/mol. The van der Waals surface area contributed by atoms with Gasteiger partial charge in [-0.3, -0.25) is 8.98 Å². The zero-order chi connectivity index (χ0) is 11.1. The van der Waals surface area contributed by atoms with E-state index in [-0.39, 0.29) is 41.8 Å². The maximum Gasteiger partial charge on any atom is 1.00 e. The maximum atomic E-state index is 10.6. The van der Waals surface area contributed by atoms with Gasteiger partial charge in [-0.2, -0.15) is 0 Å². The van der Waals surface area contributed by atoms with Crippen molar-refractivity contribution >= 4 is 23.9 Å². The van der Waals surface area contributed by atoms with Crippen LogP contribution in [-0.2, 0) is 25.1 Å². The largest absolute Gasteiger partial charge is 1.00 e. The van der Waals surface area contributed by atoms with Gasteiger partial charge in [0.1, 0.15) is 12.6 Å². The first-order chi connectivity index (χ1) is 5.83. The van der Waals surface area contributed by atoms with Crippen molar-refractivity contribution < 1.29 is 52.1 Å². The van der Waals surface area contributed by atoms with Gasteiger partial charge in [0, 0.05) is 6.42 Å². The predicted molar refractivity (Wildman–Crippen MR) is 46.5 cm³/mol. The molecule has 5 nitrogen and oxygen atoms in total. The maximum absolute atomic E-state index is 10.6. The molecule has 0 spiro atoms. The molecule has 0 aliphatic heterocycles. The van der Waals surface area contributed by atoms with E-state index in [9.17, 15) is 13.6 Å². The minimum atomic E-state index is -2.55. The molecule has 0 saturated carbocycles. The Kier molecular flexibility index (Phi) is 14.1. The molecule has 0 saturated heterocycles. The average Bonchev–Trinajstić information content (AvgIpc) is 1.85. The van der Waals surface area contributed by atoms with Gasteiger partial charge < -0.3 is 9.35 Å². The fourth-order valence-electron chi connectivity index (χ4n) is 0.813. The fraction of sp³-hybridized carbons (Fsp3) is 0.714. The third-order valence-corrected chi connectivity index (χ3v) is 1.56. The second-order valence-corrected chi connectivity index (χ2v) is 3.50. The Hall–Kier alpha value is 0.410. The third kappa shape index (κ3) is 14.9. The summed E-state index contributed by atoms with van der Waals surface area (Å²) in [7, 11) is 0. The van der Waals surface area contributed by atoms with Crippen LogP contribution in [0.2, 0.25) is 0 Å². The Morgan fingerprint density at radius 2 is 1.86 bits per heavy atom. The van der Waals surface area contributed by atoms with E-state index in [2.05, 4.69) is 4.18 Å². The van der Waals surface area contributed by atoms with Crippen LogP contribution in [0.1, 0.15) is 27.2 Å². The first-order valence-electron chi connectivity index (χ1n) is 3.40. The molecule has 0 radical (unpaired) electrons. The standard InChI is InChI=1S/C6H12O4S.CH2O.Na/c1-5(7)4-6(2,3)10-11(8)9;1-2;/h4H2,1-3H3,(H,8,9);1H2;/q;;+1/p-1. The summed E-state index contributed by atoms with van der Waals surface area (Å²) in [5.74, 6) is -0.0968. The van der Waals surface area contributed by atoms with E-state index in [4.69, 9.17) is 4.79 Å². The van der Waals surface area contributed by atoms with Gasteiger partial charge in [0.15, 0.2) is 0 Å². The molecule has 0 aliphatic carbocycles. The molecule has 0 N–H and O–H groups in total. The van der Waals surface area contributed by atoms with Crippen molar-refractivity contribution in [2.24, 2.45) is 0 Å². The van der Waals surface area contributed by atoms with Gasteiger partial charge in [0.25, 0.3) is 0 Å². The first kappa shape index (κ1) is 19.9. The summed E-state index contributed by atoms with van der Waals surface area (Å²) in [4.78, 5) is 18.6. The summed E-state index contributed by atoms with van der Waals surface area (Å²) in [5, 5.41) is 0. The number of ketones is 1. The molecule has 0 heterocycles. The Bertz CT molecular complexity index is 177. The summed E-state index contributed by atoms with van der Waals surface area (Å²) < 4.78 is 24.6. The van der Waals surface area contributed by atoms with Crippen LogP contribution in [0.4, 0.5) is 0 Å². The Labute approximate surface area is 108 Å². The molecule has 0 aliphatic rings. The molecule has 0 fully saturated rings. The number of hydrogen-bond acceptors (Lipinski definition) is 5. The average molecular weight is 232 g/mol. The van der Waals surface area contributed by atoms with Crippen LogP contribution >= 0.6 is 0 Å². The molecule has 14 heavy (non-hydrogen) atoms. The minimum Gasteiger partial charge on any atom is -0.750 e. The van der Waals surface area contributed by atoms with Crippen molar-refractivity contribution in [3.05, 3.63) is 0 Å². The Balaban J connectivity index is -0.000000376. The SMILES string of the molecule is C=O.CC(=O)CC(C)(C)OS(=O)[O-].[Na+]. The van der Waals surface area contributed by atoms with Gasteiger partial charge in [-0.05, 0) is 20.8 Å². The summed E-state index contributed by atoms with van der Waals surface area (Å²) in [5.41, 5.74) is -0.918. The van der Waals surface area contributed by atoms with Crippen LogP contribution in [-0.4, -0.2) is 26.9 Å². The molecule has 0 amide bonds. The molecule has 0 aromatic carbocycles. The van der Waals surface area contributed by atoms with Crippen molar-refractivity contribution in [3.63, 3.8) is 0 Å². The van der Waals surface area contributed by atoms with Crippen LogP contribution in [0.5, 0.6) is 0 Å². The number of carbonyl (C=O) groups is 2. The molecule has 78 valence electrons. The van der Waals surface area contributed by atoms with Crippen LogP contribution in [0, 0.1) is 0 Å². The first-order valence-corrected chi connectivity index (χ1v) is 4.40. The normalized spacial score (nSPS) is 11.7. The Morgan fingerprint density at radius 3 is 2.07 bits per heavy atom. The smallest absolute Gasteiger partial charge is 0.750 e. The molecule has 0 aromatic heterocycles. The molecule has 1 unspecified atom stereocenters. The van der Waals surface area contributed by atoms with Gasteiger partial charge in [0.2, 0.25) is 0 Å². The number of Topliss-reactive ketones (excluding diaryl/α,β-unsaturated/α-hetero) is 1. The van der Waals surface area contributed by atoms with Crippen LogP contribution < -0.4 is 29.6 Å². The molecule has 0 rings (SSSR count). The molecular formula is C7H13NaO5S. The fourth-order valence-corrected chi connectivity index (χ4v) is 1.24. The van der Waals surface area contributed by atoms with Gasteiger partial charge in [-0.25, -0.2) is 4.21 Å². The molecule has 7 heteroatoms.